The second-order valence-corrected chi connectivity index (χ2v) is 5.38. The Morgan fingerprint density at radius 2 is 1.95 bits per heavy atom. The number of nitrogen functional groups attached to an aromatic ring is 1. The summed E-state index contributed by atoms with van der Waals surface area (Å²) >= 11 is 0. The summed E-state index contributed by atoms with van der Waals surface area (Å²) < 4.78 is 13.7. The maximum absolute atomic E-state index is 13.7. The predicted octanol–water partition coefficient (Wildman–Crippen LogP) is 3.12. The molecule has 1 saturated carbocycles. The minimum absolute atomic E-state index is 0.141. The fourth-order valence-electron chi connectivity index (χ4n) is 2.66. The van der Waals surface area contributed by atoms with Gasteiger partial charge in [0.2, 0.25) is 0 Å². The topological polar surface area (TPSA) is 46.3 Å². The molecule has 0 aromatic heterocycles. The Kier molecular flexibility index (Phi) is 4.08. The minimum Gasteiger partial charge on any atom is -0.398 e. The van der Waals surface area contributed by atoms with E-state index in [-0.39, 0.29) is 11.9 Å². The van der Waals surface area contributed by atoms with Crippen LogP contribution in [0.15, 0.2) is 12.1 Å². The van der Waals surface area contributed by atoms with E-state index in [0.717, 1.165) is 25.7 Å². The van der Waals surface area contributed by atoms with Gasteiger partial charge >= 0.3 is 0 Å². The highest BCUT2D eigenvalue weighted by Crippen LogP contribution is 2.24. The molecule has 0 saturated heterocycles. The molecular formula is C15H21FN2O. The van der Waals surface area contributed by atoms with Gasteiger partial charge < -0.3 is 10.6 Å². The van der Waals surface area contributed by atoms with Crippen molar-refractivity contribution >= 4 is 11.6 Å². The summed E-state index contributed by atoms with van der Waals surface area (Å²) in [5.74, 6) is -0.558. The van der Waals surface area contributed by atoms with Crippen LogP contribution in [-0.2, 0) is 0 Å². The first kappa shape index (κ1) is 13.8. The van der Waals surface area contributed by atoms with E-state index in [1.807, 2.05) is 0 Å². The Balaban J connectivity index is 2.18. The van der Waals surface area contributed by atoms with Gasteiger partial charge in [0.25, 0.3) is 5.91 Å². The molecule has 2 N–H and O–H groups in total. The van der Waals surface area contributed by atoms with Crippen LogP contribution in [0, 0.1) is 12.7 Å². The molecule has 0 unspecified atom stereocenters. The van der Waals surface area contributed by atoms with Crippen molar-refractivity contribution in [1.29, 1.82) is 0 Å². The van der Waals surface area contributed by atoms with Crippen LogP contribution in [-0.4, -0.2) is 23.9 Å². The summed E-state index contributed by atoms with van der Waals surface area (Å²) in [6.45, 7) is 1.61. The summed E-state index contributed by atoms with van der Waals surface area (Å²) in [5, 5.41) is 0. The zero-order valence-electron chi connectivity index (χ0n) is 11.6. The first-order chi connectivity index (χ1) is 9.00. The number of benzene rings is 1. The molecule has 0 atom stereocenters. The second kappa shape index (κ2) is 5.59. The van der Waals surface area contributed by atoms with Gasteiger partial charge in [0.05, 0.1) is 0 Å². The number of nitrogens with two attached hydrogens (primary N) is 1. The number of hydrogen-bond donors (Lipinski definition) is 1. The Hall–Kier alpha value is -1.58. The number of hydrogen-bond acceptors (Lipinski definition) is 2. The van der Waals surface area contributed by atoms with Crippen LogP contribution >= 0.6 is 0 Å². The van der Waals surface area contributed by atoms with Gasteiger partial charge in [-0.15, -0.1) is 0 Å². The number of rotatable bonds is 2. The van der Waals surface area contributed by atoms with E-state index in [1.54, 1.807) is 24.9 Å². The monoisotopic (exact) mass is 264 g/mol. The number of carbonyl (C=O) groups excluding carboxylic acids is 1. The predicted molar refractivity (Wildman–Crippen MR) is 74.5 cm³/mol. The van der Waals surface area contributed by atoms with Crippen molar-refractivity contribution in [2.75, 3.05) is 12.8 Å². The largest absolute Gasteiger partial charge is 0.398 e. The van der Waals surface area contributed by atoms with Gasteiger partial charge in [-0.25, -0.2) is 4.39 Å². The van der Waals surface area contributed by atoms with Crippen LogP contribution in [0.1, 0.15) is 48.0 Å². The van der Waals surface area contributed by atoms with Crippen molar-refractivity contribution in [3.63, 3.8) is 0 Å². The van der Waals surface area contributed by atoms with Gasteiger partial charge in [-0.05, 0) is 31.9 Å². The Morgan fingerprint density at radius 3 is 2.53 bits per heavy atom. The quantitative estimate of drug-likeness (QED) is 0.834. The van der Waals surface area contributed by atoms with Crippen molar-refractivity contribution in [2.45, 2.75) is 45.1 Å². The van der Waals surface area contributed by atoms with E-state index in [4.69, 9.17) is 5.73 Å². The summed E-state index contributed by atoms with van der Waals surface area (Å²) in [6, 6.07) is 3.12. The first-order valence-corrected chi connectivity index (χ1v) is 6.83. The first-order valence-electron chi connectivity index (χ1n) is 6.83. The minimum atomic E-state index is -0.416. The molecular weight excluding hydrogens is 243 g/mol. The molecule has 1 fully saturated rings. The fraction of sp³-hybridized carbons (Fsp3) is 0.533. The number of carbonyl (C=O) groups is 1. The zero-order chi connectivity index (χ0) is 14.0. The lowest BCUT2D eigenvalue weighted by Crippen LogP contribution is -2.38. The van der Waals surface area contributed by atoms with Crippen LogP contribution in [0.25, 0.3) is 0 Å². The molecule has 4 heteroatoms. The maximum Gasteiger partial charge on any atom is 0.254 e. The highest BCUT2D eigenvalue weighted by Gasteiger charge is 2.23. The lowest BCUT2D eigenvalue weighted by molar-refractivity contribution is 0.0696. The number of halogens is 1. The van der Waals surface area contributed by atoms with Crippen LogP contribution < -0.4 is 5.73 Å². The molecule has 19 heavy (non-hydrogen) atoms. The van der Waals surface area contributed by atoms with Crippen molar-refractivity contribution in [2.24, 2.45) is 0 Å². The molecule has 0 heterocycles. The second-order valence-electron chi connectivity index (χ2n) is 5.38. The van der Waals surface area contributed by atoms with Gasteiger partial charge in [0.1, 0.15) is 5.82 Å². The molecule has 1 aliphatic rings. The van der Waals surface area contributed by atoms with Gasteiger partial charge in [-0.2, -0.15) is 0 Å². The SMILES string of the molecule is Cc1c(N)cc(C(=O)N(C)C2CCCCC2)cc1F. The normalized spacial score (nSPS) is 16.4. The molecule has 1 aromatic carbocycles. The molecule has 104 valence electrons. The van der Waals surface area contributed by atoms with Crippen molar-refractivity contribution in [1.82, 2.24) is 4.90 Å². The summed E-state index contributed by atoms with van der Waals surface area (Å²) in [6.07, 6.45) is 5.63. The van der Waals surface area contributed by atoms with E-state index < -0.39 is 5.82 Å². The van der Waals surface area contributed by atoms with E-state index >= 15 is 0 Å². The van der Waals surface area contributed by atoms with E-state index in [0.29, 0.717) is 16.8 Å². The molecule has 0 spiro atoms. The average Bonchev–Trinajstić information content (AvgIpc) is 2.43. The Morgan fingerprint density at radius 1 is 1.32 bits per heavy atom. The van der Waals surface area contributed by atoms with E-state index in [2.05, 4.69) is 0 Å². The Bertz CT molecular complexity index is 458. The van der Waals surface area contributed by atoms with Crippen LogP contribution in [0.5, 0.6) is 0 Å². The molecule has 1 amide bonds. The van der Waals surface area contributed by atoms with Crippen LogP contribution in [0.3, 0.4) is 0 Å². The molecule has 0 aliphatic heterocycles. The smallest absolute Gasteiger partial charge is 0.254 e. The van der Waals surface area contributed by atoms with Gasteiger partial charge in [-0.1, -0.05) is 19.3 Å². The van der Waals surface area contributed by atoms with Crippen LogP contribution in [0.4, 0.5) is 10.1 Å². The van der Waals surface area contributed by atoms with Crippen LogP contribution in [0.2, 0.25) is 0 Å². The molecule has 1 aromatic rings. The number of anilines is 1. The fourth-order valence-corrected chi connectivity index (χ4v) is 2.66. The summed E-state index contributed by atoms with van der Waals surface area (Å²) in [4.78, 5) is 14.1. The molecule has 2 rings (SSSR count). The van der Waals surface area contributed by atoms with Crippen molar-refractivity contribution in [3.8, 4) is 0 Å². The third-order valence-electron chi connectivity index (χ3n) is 4.07. The van der Waals surface area contributed by atoms with Crippen molar-refractivity contribution < 1.29 is 9.18 Å². The highest BCUT2D eigenvalue weighted by molar-refractivity contribution is 5.95. The number of nitrogens with zero attached hydrogens (tertiary/aromatic N) is 1. The Labute approximate surface area is 113 Å². The highest BCUT2D eigenvalue weighted by atomic mass is 19.1. The maximum atomic E-state index is 13.7. The lowest BCUT2D eigenvalue weighted by atomic mass is 9.94. The van der Waals surface area contributed by atoms with Gasteiger partial charge in [0, 0.05) is 29.9 Å². The summed E-state index contributed by atoms with van der Waals surface area (Å²) in [7, 11) is 1.80. The standard InChI is InChI=1S/C15H21FN2O/c1-10-13(16)8-11(9-14(10)17)15(19)18(2)12-6-4-3-5-7-12/h8-9,12H,3-7,17H2,1-2H3. The molecule has 0 bridgehead atoms. The van der Waals surface area contributed by atoms with E-state index in [1.165, 1.54) is 12.5 Å². The number of amides is 1. The van der Waals surface area contributed by atoms with Crippen molar-refractivity contribution in [3.05, 3.63) is 29.1 Å². The molecule has 0 radical (unpaired) electrons. The zero-order valence-corrected chi connectivity index (χ0v) is 11.6. The van der Waals surface area contributed by atoms with Gasteiger partial charge in [0.15, 0.2) is 0 Å². The third kappa shape index (κ3) is 2.88. The molecule has 3 nitrogen and oxygen atoms in total. The summed E-state index contributed by atoms with van der Waals surface area (Å²) in [5.41, 5.74) is 6.80. The lowest BCUT2D eigenvalue weighted by Gasteiger charge is -2.31. The van der Waals surface area contributed by atoms with Gasteiger partial charge in [-0.3, -0.25) is 4.79 Å². The molecule has 1 aliphatic carbocycles. The third-order valence-corrected chi connectivity index (χ3v) is 4.07. The van der Waals surface area contributed by atoms with E-state index in [9.17, 15) is 9.18 Å². The average molecular weight is 264 g/mol.